The molecule has 2 aromatic heterocycles. The standard InChI is InChI=1S/C14H22N4/c1-13(2,3)9-18-12-11(16-17-18)7-10(8-15-12)14(4,5)6/h7-8H,9H2,1-6H3. The first-order valence-electron chi connectivity index (χ1n) is 6.36. The molecule has 0 aliphatic heterocycles. The molecule has 0 bridgehead atoms. The Balaban J connectivity index is 2.44. The number of pyridine rings is 1. The van der Waals surface area contributed by atoms with Crippen molar-refractivity contribution >= 4 is 11.2 Å². The Morgan fingerprint density at radius 1 is 1.11 bits per heavy atom. The van der Waals surface area contributed by atoms with Crippen molar-refractivity contribution in [1.29, 1.82) is 0 Å². The van der Waals surface area contributed by atoms with E-state index in [4.69, 9.17) is 0 Å². The summed E-state index contributed by atoms with van der Waals surface area (Å²) in [4.78, 5) is 4.53. The van der Waals surface area contributed by atoms with Gasteiger partial charge in [0.2, 0.25) is 0 Å². The predicted molar refractivity (Wildman–Crippen MR) is 73.5 cm³/mol. The van der Waals surface area contributed by atoms with Crippen LogP contribution in [0.3, 0.4) is 0 Å². The number of hydrogen-bond donors (Lipinski definition) is 0. The van der Waals surface area contributed by atoms with Crippen molar-refractivity contribution in [3.63, 3.8) is 0 Å². The van der Waals surface area contributed by atoms with E-state index in [1.54, 1.807) is 0 Å². The zero-order valence-corrected chi connectivity index (χ0v) is 12.2. The van der Waals surface area contributed by atoms with Gasteiger partial charge < -0.3 is 0 Å². The highest BCUT2D eigenvalue weighted by Crippen LogP contribution is 2.24. The monoisotopic (exact) mass is 246 g/mol. The molecule has 0 spiro atoms. The van der Waals surface area contributed by atoms with Gasteiger partial charge in [-0.3, -0.25) is 0 Å². The normalized spacial score (nSPS) is 13.2. The molecule has 0 aliphatic carbocycles. The maximum absolute atomic E-state index is 4.53. The van der Waals surface area contributed by atoms with Crippen molar-refractivity contribution in [2.75, 3.05) is 0 Å². The molecule has 0 atom stereocenters. The van der Waals surface area contributed by atoms with Gasteiger partial charge in [-0.15, -0.1) is 5.10 Å². The molecule has 0 unspecified atom stereocenters. The van der Waals surface area contributed by atoms with Crippen LogP contribution in [0.15, 0.2) is 12.3 Å². The Labute approximate surface area is 108 Å². The van der Waals surface area contributed by atoms with Crippen LogP contribution in [0, 0.1) is 5.41 Å². The minimum absolute atomic E-state index is 0.0923. The first kappa shape index (κ1) is 13.0. The van der Waals surface area contributed by atoms with Gasteiger partial charge in [-0.05, 0) is 22.5 Å². The highest BCUT2D eigenvalue weighted by Gasteiger charge is 2.18. The molecule has 0 fully saturated rings. The van der Waals surface area contributed by atoms with E-state index in [2.05, 4.69) is 62.9 Å². The first-order valence-corrected chi connectivity index (χ1v) is 6.36. The van der Waals surface area contributed by atoms with Crippen LogP contribution in [-0.2, 0) is 12.0 Å². The lowest BCUT2D eigenvalue weighted by atomic mass is 9.88. The van der Waals surface area contributed by atoms with E-state index in [9.17, 15) is 0 Å². The fourth-order valence-electron chi connectivity index (χ4n) is 1.83. The number of rotatable bonds is 1. The molecule has 2 aromatic rings. The highest BCUT2D eigenvalue weighted by molar-refractivity contribution is 5.70. The SMILES string of the molecule is CC(C)(C)Cn1nnc2cc(C(C)(C)C)cnc21. The Morgan fingerprint density at radius 2 is 1.78 bits per heavy atom. The first-order chi connectivity index (χ1) is 8.17. The van der Waals surface area contributed by atoms with Gasteiger partial charge in [0.25, 0.3) is 0 Å². The number of fused-ring (bicyclic) bond motifs is 1. The highest BCUT2D eigenvalue weighted by atomic mass is 15.4. The van der Waals surface area contributed by atoms with Gasteiger partial charge in [0.05, 0.1) is 0 Å². The molecule has 0 aliphatic rings. The molecule has 2 heterocycles. The fraction of sp³-hybridized carbons (Fsp3) is 0.643. The lowest BCUT2D eigenvalue weighted by Gasteiger charge is -2.19. The molecule has 98 valence electrons. The molecule has 0 saturated heterocycles. The fourth-order valence-corrected chi connectivity index (χ4v) is 1.83. The minimum Gasteiger partial charge on any atom is -0.235 e. The van der Waals surface area contributed by atoms with Crippen molar-refractivity contribution in [3.8, 4) is 0 Å². The summed E-state index contributed by atoms with van der Waals surface area (Å²) in [5, 5.41) is 8.44. The molecule has 4 nitrogen and oxygen atoms in total. The molecule has 0 amide bonds. The van der Waals surface area contributed by atoms with Crippen LogP contribution in [0.4, 0.5) is 0 Å². The van der Waals surface area contributed by atoms with E-state index in [1.807, 2.05) is 10.9 Å². The minimum atomic E-state index is 0.0923. The third-order valence-electron chi connectivity index (χ3n) is 2.84. The number of hydrogen-bond acceptors (Lipinski definition) is 3. The Morgan fingerprint density at radius 3 is 2.33 bits per heavy atom. The quantitative estimate of drug-likeness (QED) is 0.776. The van der Waals surface area contributed by atoms with E-state index in [1.165, 1.54) is 5.56 Å². The van der Waals surface area contributed by atoms with E-state index in [-0.39, 0.29) is 10.8 Å². The second-order valence-electron chi connectivity index (χ2n) is 7.12. The average molecular weight is 246 g/mol. The van der Waals surface area contributed by atoms with Crippen molar-refractivity contribution in [1.82, 2.24) is 20.0 Å². The molecular formula is C14H22N4. The van der Waals surface area contributed by atoms with Crippen molar-refractivity contribution in [3.05, 3.63) is 17.8 Å². The lowest BCUT2D eigenvalue weighted by molar-refractivity contribution is 0.326. The predicted octanol–water partition coefficient (Wildman–Crippen LogP) is 3.17. The van der Waals surface area contributed by atoms with Gasteiger partial charge in [0.1, 0.15) is 5.52 Å². The number of nitrogens with zero attached hydrogens (tertiary/aromatic N) is 4. The van der Waals surface area contributed by atoms with Gasteiger partial charge in [0, 0.05) is 12.7 Å². The Hall–Kier alpha value is -1.45. The van der Waals surface area contributed by atoms with Gasteiger partial charge in [0.15, 0.2) is 5.65 Å². The van der Waals surface area contributed by atoms with Crippen molar-refractivity contribution in [2.45, 2.75) is 53.5 Å². The van der Waals surface area contributed by atoms with Gasteiger partial charge in [-0.2, -0.15) is 0 Å². The molecule has 2 rings (SSSR count). The summed E-state index contributed by atoms with van der Waals surface area (Å²) in [6.07, 6.45) is 1.94. The zero-order valence-electron chi connectivity index (χ0n) is 12.2. The summed E-state index contributed by atoms with van der Waals surface area (Å²) < 4.78 is 1.89. The Bertz CT molecular complexity index is 555. The summed E-state index contributed by atoms with van der Waals surface area (Å²) in [6.45, 7) is 13.9. The third kappa shape index (κ3) is 2.68. The van der Waals surface area contributed by atoms with Crippen LogP contribution in [-0.4, -0.2) is 20.0 Å². The summed E-state index contributed by atoms with van der Waals surface area (Å²) in [6, 6.07) is 2.09. The van der Waals surface area contributed by atoms with Crippen molar-refractivity contribution < 1.29 is 0 Å². The topological polar surface area (TPSA) is 43.6 Å². The van der Waals surface area contributed by atoms with E-state index in [0.29, 0.717) is 0 Å². The van der Waals surface area contributed by atoms with Crippen molar-refractivity contribution in [2.24, 2.45) is 5.41 Å². The molecule has 0 saturated carbocycles. The van der Waals surface area contributed by atoms with Gasteiger partial charge in [-0.1, -0.05) is 46.8 Å². The summed E-state index contributed by atoms with van der Waals surface area (Å²) >= 11 is 0. The van der Waals surface area contributed by atoms with Gasteiger partial charge in [-0.25, -0.2) is 9.67 Å². The average Bonchev–Trinajstić information content (AvgIpc) is 2.57. The van der Waals surface area contributed by atoms with Crippen LogP contribution < -0.4 is 0 Å². The number of aromatic nitrogens is 4. The molecule has 4 heteroatoms. The molecule has 0 N–H and O–H groups in total. The van der Waals surface area contributed by atoms with Crippen LogP contribution in [0.1, 0.15) is 47.1 Å². The van der Waals surface area contributed by atoms with Crippen LogP contribution in [0.2, 0.25) is 0 Å². The lowest BCUT2D eigenvalue weighted by Crippen LogP contribution is -2.17. The molecule has 18 heavy (non-hydrogen) atoms. The molecule has 0 aromatic carbocycles. The third-order valence-corrected chi connectivity index (χ3v) is 2.84. The Kier molecular flexibility index (Phi) is 2.92. The van der Waals surface area contributed by atoms with Gasteiger partial charge >= 0.3 is 0 Å². The maximum atomic E-state index is 4.53. The maximum Gasteiger partial charge on any atom is 0.178 e. The summed E-state index contributed by atoms with van der Waals surface area (Å²) in [5.74, 6) is 0. The van der Waals surface area contributed by atoms with E-state index < -0.39 is 0 Å². The largest absolute Gasteiger partial charge is 0.235 e. The van der Waals surface area contributed by atoms with Crippen LogP contribution in [0.5, 0.6) is 0 Å². The smallest absolute Gasteiger partial charge is 0.178 e. The van der Waals surface area contributed by atoms with Crippen LogP contribution in [0.25, 0.3) is 11.2 Å². The van der Waals surface area contributed by atoms with E-state index in [0.717, 1.165) is 17.7 Å². The molecule has 0 radical (unpaired) electrons. The second kappa shape index (κ2) is 4.04. The summed E-state index contributed by atoms with van der Waals surface area (Å²) in [7, 11) is 0. The second-order valence-corrected chi connectivity index (χ2v) is 7.12. The molecular weight excluding hydrogens is 224 g/mol. The van der Waals surface area contributed by atoms with Crippen LogP contribution >= 0.6 is 0 Å². The zero-order chi connectivity index (χ0) is 13.6. The summed E-state index contributed by atoms with van der Waals surface area (Å²) in [5.41, 5.74) is 3.21. The van der Waals surface area contributed by atoms with E-state index >= 15 is 0 Å².